The molecule has 0 radical (unpaired) electrons. The molecule has 10 aliphatic rings. The number of hydrogen-bond acceptors (Lipinski definition) is 13. The van der Waals surface area contributed by atoms with Crippen molar-refractivity contribution in [3.05, 3.63) is 24.3 Å². The number of carbonyl (C=O) groups excluding carboxylic acids is 1. The van der Waals surface area contributed by atoms with E-state index in [2.05, 4.69) is 195 Å². The molecule has 0 aromatic rings. The molecule has 10 aliphatic heterocycles. The molecular weight excluding hydrogens is 1180 g/mol. The molecule has 13 nitrogen and oxygen atoms in total. The fourth-order valence-corrected chi connectivity index (χ4v) is 19.3. The zero-order chi connectivity index (χ0) is 65.3. The van der Waals surface area contributed by atoms with Crippen LogP contribution in [0.5, 0.6) is 0 Å². The Morgan fingerprint density at radius 2 is 1.21 bits per heavy atom. The van der Waals surface area contributed by atoms with Crippen molar-refractivity contribution >= 4 is 53.1 Å². The predicted molar refractivity (Wildman–Crippen MR) is 368 cm³/mol. The number of allylic oxidation sites excluding steroid dienone is 1. The molecule has 502 valence electrons. The lowest BCUT2D eigenvalue weighted by atomic mass is 9.79. The van der Waals surface area contributed by atoms with E-state index in [1.807, 2.05) is 0 Å². The average molecular weight is 1310 g/mol. The fraction of sp³-hybridized carbons (Fsp3) is 0.913. The van der Waals surface area contributed by atoms with Crippen LogP contribution in [0.15, 0.2) is 29.3 Å². The van der Waals surface area contributed by atoms with Crippen LogP contribution in [-0.2, 0) is 55.3 Å². The SMILES string of the molecule is C=C1C[C@@H]2CCC/C=C/C(O[Si](C)(C)C(C)(C)C)C3O[C@H]4CCC5CC(=O)C[C@H]6C(CC7OC(CCC1O2)C[C@@H](C)/C7=N/C4(O5)C(O[Si](C)(C)C(C)(C)C)C3O[Si](C)(C)C(C)(C)C)OC(C[C@@H](CO[Si](C)(C)C(C)(C)C)O[Si](C)(C)C(C)(C)C)[C@@H]6OC. The number of Topliss-reactive ketones (excluding diaryl/α,β-unsaturated/α-hetero) is 1. The number of hydrogen-bond donors (Lipinski definition) is 0. The highest BCUT2D eigenvalue weighted by Crippen LogP contribution is 2.54. The molecule has 87 heavy (non-hydrogen) atoms. The zero-order valence-electron chi connectivity index (χ0n) is 60.3. The van der Waals surface area contributed by atoms with Gasteiger partial charge in [-0.25, -0.2) is 0 Å². The number of aliphatic imine (C=N–C) groups is 1. The highest BCUT2D eigenvalue weighted by molar-refractivity contribution is 6.76. The third-order valence-electron chi connectivity index (χ3n) is 23.8. The number of methoxy groups -OCH3 is 1. The van der Waals surface area contributed by atoms with Crippen molar-refractivity contribution in [2.75, 3.05) is 13.7 Å². The summed E-state index contributed by atoms with van der Waals surface area (Å²) in [6.07, 6.45) is 8.23. The molecule has 18 heteroatoms. The fourth-order valence-electron chi connectivity index (χ4n) is 13.1. The van der Waals surface area contributed by atoms with E-state index in [0.717, 1.165) is 50.7 Å². The van der Waals surface area contributed by atoms with E-state index in [4.69, 9.17) is 55.5 Å². The second-order valence-electron chi connectivity index (χ2n) is 35.7. The summed E-state index contributed by atoms with van der Waals surface area (Å²) in [6.45, 7) is 65.3. The number of ketones is 1. The molecule has 10 heterocycles. The van der Waals surface area contributed by atoms with E-state index in [9.17, 15) is 0 Å². The largest absolute Gasteiger partial charge is 0.414 e. The third-order valence-corrected chi connectivity index (χ3v) is 46.2. The molecular formula is C69H129NO12Si5. The van der Waals surface area contributed by atoms with Gasteiger partial charge in [0, 0.05) is 44.4 Å². The van der Waals surface area contributed by atoms with E-state index in [1.165, 1.54) is 5.57 Å². The van der Waals surface area contributed by atoms with Crippen LogP contribution >= 0.6 is 0 Å². The zero-order valence-corrected chi connectivity index (χ0v) is 65.3. The minimum Gasteiger partial charge on any atom is -0.414 e. The standard InChI is InChI=1S/C69H129NO12Si5/c1-45-38-48-32-30-29-31-33-54(80-85(23,24)66(9,10)11)61-62(81-86(25,26)67(12,13)14)63(82-87(27,28)68(15,16)17)69-58(77-61)37-35-50(78-69)40-47(71)41-52-55(43-56-59(70-69)46(2)39-49(75-56)34-36-53(45)74-48)76-57(60(52)72-18)42-51(79-84(21,22)65(6,7)8)44-73-83(19,20)64(3,4)5/h31,33,46,48-58,60-63H,1,29-30,32,34-44H2,2-28H3/b33-31+,70-59-/t46-,48+,49?,50?,51+,52+,53?,54?,55?,56?,57?,58+,60-,61?,62?,63?,69?/m1/s1. The summed E-state index contributed by atoms with van der Waals surface area (Å²) in [5, 5.41) is -0.458. The quantitative estimate of drug-likeness (QED) is 0.121. The second-order valence-corrected chi connectivity index (χ2v) is 59.5. The smallest absolute Gasteiger partial charge is 0.212 e. The van der Waals surface area contributed by atoms with E-state index in [-0.39, 0.29) is 92.3 Å². The number of nitrogens with zero attached hydrogens (tertiary/aromatic N) is 1. The topological polar surface area (TPSA) is 131 Å². The Bertz CT molecular complexity index is 2410. The molecule has 10 rings (SSSR count). The van der Waals surface area contributed by atoms with E-state index >= 15 is 4.79 Å². The maximum absolute atomic E-state index is 15.4. The van der Waals surface area contributed by atoms with Crippen molar-refractivity contribution in [2.45, 2.75) is 376 Å². The van der Waals surface area contributed by atoms with Crippen molar-refractivity contribution in [1.82, 2.24) is 0 Å². The van der Waals surface area contributed by atoms with E-state index in [1.54, 1.807) is 7.11 Å². The Labute approximate surface area is 536 Å². The van der Waals surface area contributed by atoms with Crippen LogP contribution in [0.4, 0.5) is 0 Å². The molecule has 11 unspecified atom stereocenters. The number of ether oxygens (including phenoxy) is 6. The summed E-state index contributed by atoms with van der Waals surface area (Å²) >= 11 is 0. The summed E-state index contributed by atoms with van der Waals surface area (Å²) < 4.78 is 83.0. The van der Waals surface area contributed by atoms with Crippen LogP contribution in [0.25, 0.3) is 0 Å². The van der Waals surface area contributed by atoms with E-state index < -0.39 is 96.1 Å². The number of rotatable bonds is 14. The number of fused-ring (bicyclic) bond motifs is 2. The minimum atomic E-state index is -2.73. The average Bonchev–Trinajstić information content (AvgIpc) is 1.17. The molecule has 17 atom stereocenters. The van der Waals surface area contributed by atoms with Gasteiger partial charge in [0.1, 0.15) is 30.2 Å². The van der Waals surface area contributed by atoms with Gasteiger partial charge in [0.05, 0.1) is 67.6 Å². The summed E-state index contributed by atoms with van der Waals surface area (Å²) in [5.74, 6) is -0.142. The van der Waals surface area contributed by atoms with Gasteiger partial charge in [-0.2, -0.15) is 0 Å². The van der Waals surface area contributed by atoms with Gasteiger partial charge in [-0.15, -0.1) is 0 Å². The van der Waals surface area contributed by atoms with Crippen molar-refractivity contribution in [1.29, 1.82) is 0 Å². The molecule has 1 spiro atoms. The van der Waals surface area contributed by atoms with Gasteiger partial charge >= 0.3 is 0 Å². The lowest BCUT2D eigenvalue weighted by Gasteiger charge is -2.60. The second kappa shape index (κ2) is 26.9. The van der Waals surface area contributed by atoms with Crippen molar-refractivity contribution in [3.63, 3.8) is 0 Å². The first-order chi connectivity index (χ1) is 39.6. The summed E-state index contributed by atoms with van der Waals surface area (Å²) in [7, 11) is -10.6. The monoisotopic (exact) mass is 1300 g/mol. The van der Waals surface area contributed by atoms with Crippen LogP contribution in [-0.4, -0.2) is 158 Å². The first kappa shape index (κ1) is 73.9. The molecule has 0 saturated carbocycles. The predicted octanol–water partition coefficient (Wildman–Crippen LogP) is 17.2. The normalized spacial score (nSPS) is 36.5. The highest BCUT2D eigenvalue weighted by Gasteiger charge is 2.66. The highest BCUT2D eigenvalue weighted by atomic mass is 28.4. The maximum atomic E-state index is 15.4. The molecule has 0 aliphatic carbocycles. The van der Waals surface area contributed by atoms with E-state index in [0.29, 0.717) is 32.3 Å². The Morgan fingerprint density at radius 1 is 0.632 bits per heavy atom. The lowest BCUT2D eigenvalue weighted by molar-refractivity contribution is -0.312. The van der Waals surface area contributed by atoms with Crippen LogP contribution in [0, 0.1) is 11.8 Å². The first-order valence-electron chi connectivity index (χ1n) is 34.3. The van der Waals surface area contributed by atoms with Crippen molar-refractivity contribution in [3.8, 4) is 0 Å². The molecule has 5 saturated heterocycles. The molecule has 8 bridgehead atoms. The molecule has 0 amide bonds. The molecule has 5 fully saturated rings. The summed E-state index contributed by atoms with van der Waals surface area (Å²) in [6, 6.07) is 0. The van der Waals surface area contributed by atoms with Crippen LogP contribution in [0.3, 0.4) is 0 Å². The van der Waals surface area contributed by atoms with Crippen molar-refractivity contribution < 1.29 is 55.3 Å². The van der Waals surface area contributed by atoms with Gasteiger partial charge < -0.3 is 50.6 Å². The lowest BCUT2D eigenvalue weighted by Crippen LogP contribution is -2.74. The molecule has 0 N–H and O–H groups in total. The van der Waals surface area contributed by atoms with Crippen LogP contribution in [0.2, 0.25) is 90.7 Å². The Kier molecular flexibility index (Phi) is 22.9. The van der Waals surface area contributed by atoms with Crippen LogP contribution < -0.4 is 0 Å². The van der Waals surface area contributed by atoms with Gasteiger partial charge in [0.2, 0.25) is 5.72 Å². The van der Waals surface area contributed by atoms with Crippen molar-refractivity contribution in [2.24, 2.45) is 16.8 Å². The summed E-state index contributed by atoms with van der Waals surface area (Å²) in [5.41, 5.74) is 0.702. The van der Waals surface area contributed by atoms with Crippen LogP contribution in [0.1, 0.15) is 194 Å². The number of carbonyl (C=O) groups is 1. The summed E-state index contributed by atoms with van der Waals surface area (Å²) in [4.78, 5) is 21.7. The molecule has 0 aromatic heterocycles. The Balaban J connectivity index is 1.45. The van der Waals surface area contributed by atoms with Gasteiger partial charge in [0.25, 0.3) is 0 Å². The third kappa shape index (κ3) is 16.8. The first-order valence-corrected chi connectivity index (χ1v) is 48.8. The van der Waals surface area contributed by atoms with Gasteiger partial charge in [-0.3, -0.25) is 9.79 Å². The Morgan fingerprint density at radius 3 is 1.80 bits per heavy atom. The maximum Gasteiger partial charge on any atom is 0.212 e. The molecule has 0 aromatic carbocycles. The minimum absolute atomic E-state index is 0.0179. The Hall–Kier alpha value is -0.536. The van der Waals surface area contributed by atoms with Gasteiger partial charge in [0.15, 0.2) is 41.6 Å². The van der Waals surface area contributed by atoms with Gasteiger partial charge in [-0.05, 0) is 160 Å². The van der Waals surface area contributed by atoms with Gasteiger partial charge in [-0.1, -0.05) is 130 Å².